The molecule has 0 radical (unpaired) electrons. The fourth-order valence-corrected chi connectivity index (χ4v) is 2.01. The summed E-state index contributed by atoms with van der Waals surface area (Å²) < 4.78 is 14.4. The molecule has 0 spiro atoms. The highest BCUT2D eigenvalue weighted by Gasteiger charge is 2.02. The van der Waals surface area contributed by atoms with Crippen molar-refractivity contribution in [1.29, 1.82) is 0 Å². The summed E-state index contributed by atoms with van der Waals surface area (Å²) in [6, 6.07) is 12.3. The fraction of sp³-hybridized carbons (Fsp3) is 0.143. The van der Waals surface area contributed by atoms with Crippen molar-refractivity contribution in [1.82, 2.24) is 0 Å². The summed E-state index contributed by atoms with van der Waals surface area (Å²) in [7, 11) is 0. The van der Waals surface area contributed by atoms with E-state index in [4.69, 9.17) is 5.11 Å². The Labute approximate surface area is 114 Å². The Kier molecular flexibility index (Phi) is 4.33. The minimum absolute atomic E-state index is 0.0283. The number of aliphatic hydroxyl groups excluding tert-OH is 1. The molecule has 18 heavy (non-hydrogen) atoms. The van der Waals surface area contributed by atoms with Gasteiger partial charge in [-0.1, -0.05) is 28.1 Å². The van der Waals surface area contributed by atoms with E-state index in [1.807, 2.05) is 24.3 Å². The van der Waals surface area contributed by atoms with Gasteiger partial charge in [-0.05, 0) is 35.9 Å². The number of benzene rings is 2. The van der Waals surface area contributed by atoms with Crippen LogP contribution in [0, 0.1) is 5.82 Å². The van der Waals surface area contributed by atoms with Crippen molar-refractivity contribution in [3.63, 3.8) is 0 Å². The van der Waals surface area contributed by atoms with Gasteiger partial charge < -0.3 is 10.4 Å². The van der Waals surface area contributed by atoms with Crippen molar-refractivity contribution in [2.45, 2.75) is 13.2 Å². The first-order valence-electron chi connectivity index (χ1n) is 5.56. The minimum Gasteiger partial charge on any atom is -0.392 e. The highest BCUT2D eigenvalue weighted by atomic mass is 79.9. The van der Waals surface area contributed by atoms with Crippen LogP contribution in [0.25, 0.3) is 0 Å². The topological polar surface area (TPSA) is 32.3 Å². The van der Waals surface area contributed by atoms with E-state index < -0.39 is 0 Å². The van der Waals surface area contributed by atoms with Crippen LogP contribution in [0.4, 0.5) is 10.1 Å². The van der Waals surface area contributed by atoms with Gasteiger partial charge in [0.15, 0.2) is 0 Å². The Morgan fingerprint density at radius 3 is 2.50 bits per heavy atom. The van der Waals surface area contributed by atoms with Gasteiger partial charge in [0.05, 0.1) is 6.61 Å². The molecule has 4 heteroatoms. The zero-order chi connectivity index (χ0) is 13.0. The monoisotopic (exact) mass is 309 g/mol. The molecule has 0 aliphatic carbocycles. The molecule has 2 aromatic carbocycles. The molecule has 0 aliphatic rings. The van der Waals surface area contributed by atoms with E-state index in [2.05, 4.69) is 21.2 Å². The summed E-state index contributed by atoms with van der Waals surface area (Å²) in [5.74, 6) is -0.224. The molecule has 2 N–H and O–H groups in total. The van der Waals surface area contributed by atoms with Crippen LogP contribution in [-0.2, 0) is 13.2 Å². The maximum absolute atomic E-state index is 13.5. The van der Waals surface area contributed by atoms with Crippen LogP contribution in [-0.4, -0.2) is 5.11 Å². The SMILES string of the molecule is OCc1ccc(NCc2cc(Br)ccc2F)cc1. The van der Waals surface area contributed by atoms with E-state index in [-0.39, 0.29) is 12.4 Å². The summed E-state index contributed by atoms with van der Waals surface area (Å²) in [6.45, 7) is 0.449. The second-order valence-electron chi connectivity index (χ2n) is 3.94. The Morgan fingerprint density at radius 1 is 1.11 bits per heavy atom. The molecule has 2 rings (SSSR count). The molecule has 0 unspecified atom stereocenters. The van der Waals surface area contributed by atoms with E-state index in [1.54, 1.807) is 12.1 Å². The lowest BCUT2D eigenvalue weighted by molar-refractivity contribution is 0.282. The lowest BCUT2D eigenvalue weighted by atomic mass is 10.2. The number of nitrogens with one attached hydrogen (secondary N) is 1. The Morgan fingerprint density at radius 2 is 1.83 bits per heavy atom. The summed E-state index contributed by atoms with van der Waals surface area (Å²) in [5, 5.41) is 12.1. The standard InChI is InChI=1S/C14H13BrFNO/c15-12-3-6-14(16)11(7-12)8-17-13-4-1-10(9-18)2-5-13/h1-7,17-18H,8-9H2. The van der Waals surface area contributed by atoms with Crippen molar-refractivity contribution >= 4 is 21.6 Å². The molecule has 0 saturated heterocycles. The third-order valence-corrected chi connectivity index (χ3v) is 3.12. The molecule has 0 heterocycles. The van der Waals surface area contributed by atoms with Crippen LogP contribution in [0.3, 0.4) is 0 Å². The maximum Gasteiger partial charge on any atom is 0.128 e. The first-order valence-corrected chi connectivity index (χ1v) is 6.36. The summed E-state index contributed by atoms with van der Waals surface area (Å²) >= 11 is 3.32. The largest absolute Gasteiger partial charge is 0.392 e. The Hall–Kier alpha value is -1.39. The third kappa shape index (κ3) is 3.31. The molecule has 2 aromatic rings. The predicted octanol–water partition coefficient (Wildman–Crippen LogP) is 3.69. The molecule has 2 nitrogen and oxygen atoms in total. The van der Waals surface area contributed by atoms with Gasteiger partial charge >= 0.3 is 0 Å². The Balaban J connectivity index is 2.04. The van der Waals surface area contributed by atoms with E-state index in [0.717, 1.165) is 15.7 Å². The molecule has 0 atom stereocenters. The van der Waals surface area contributed by atoms with Gasteiger partial charge in [-0.3, -0.25) is 0 Å². The number of aliphatic hydroxyl groups is 1. The van der Waals surface area contributed by atoms with Gasteiger partial charge in [0.25, 0.3) is 0 Å². The van der Waals surface area contributed by atoms with Crippen LogP contribution in [0.2, 0.25) is 0 Å². The van der Waals surface area contributed by atoms with Gasteiger partial charge in [0.2, 0.25) is 0 Å². The number of rotatable bonds is 4. The summed E-state index contributed by atoms with van der Waals surface area (Å²) in [4.78, 5) is 0. The van der Waals surface area contributed by atoms with Crippen LogP contribution < -0.4 is 5.32 Å². The van der Waals surface area contributed by atoms with Crippen molar-refractivity contribution < 1.29 is 9.50 Å². The zero-order valence-electron chi connectivity index (χ0n) is 9.66. The van der Waals surface area contributed by atoms with Gasteiger partial charge in [-0.2, -0.15) is 0 Å². The molecule has 0 amide bonds. The van der Waals surface area contributed by atoms with Crippen molar-refractivity contribution in [3.8, 4) is 0 Å². The molecule has 0 aromatic heterocycles. The fourth-order valence-electron chi connectivity index (χ4n) is 1.60. The van der Waals surface area contributed by atoms with Crippen LogP contribution in [0.1, 0.15) is 11.1 Å². The summed E-state index contributed by atoms with van der Waals surface area (Å²) in [6.07, 6.45) is 0. The third-order valence-electron chi connectivity index (χ3n) is 2.63. The number of halogens is 2. The number of hydrogen-bond donors (Lipinski definition) is 2. The van der Waals surface area contributed by atoms with Crippen molar-refractivity contribution in [2.75, 3.05) is 5.32 Å². The summed E-state index contributed by atoms with van der Waals surface area (Å²) in [5.41, 5.74) is 2.36. The normalized spacial score (nSPS) is 10.4. The molecular weight excluding hydrogens is 297 g/mol. The Bertz CT molecular complexity index is 528. The smallest absolute Gasteiger partial charge is 0.128 e. The molecule has 0 fully saturated rings. The van der Waals surface area contributed by atoms with E-state index >= 15 is 0 Å². The molecule has 0 bridgehead atoms. The van der Waals surface area contributed by atoms with Gasteiger partial charge in [0.1, 0.15) is 5.82 Å². The molecule has 0 saturated carbocycles. The first-order chi connectivity index (χ1) is 8.69. The van der Waals surface area contributed by atoms with E-state index in [0.29, 0.717) is 12.1 Å². The minimum atomic E-state index is -0.224. The predicted molar refractivity (Wildman–Crippen MR) is 73.8 cm³/mol. The zero-order valence-corrected chi connectivity index (χ0v) is 11.2. The quantitative estimate of drug-likeness (QED) is 0.902. The van der Waals surface area contributed by atoms with E-state index in [9.17, 15) is 4.39 Å². The van der Waals surface area contributed by atoms with Crippen LogP contribution >= 0.6 is 15.9 Å². The van der Waals surface area contributed by atoms with Crippen molar-refractivity contribution in [3.05, 3.63) is 63.9 Å². The second-order valence-corrected chi connectivity index (χ2v) is 4.86. The lowest BCUT2D eigenvalue weighted by Gasteiger charge is -2.08. The highest BCUT2D eigenvalue weighted by molar-refractivity contribution is 9.10. The van der Waals surface area contributed by atoms with Crippen LogP contribution in [0.15, 0.2) is 46.9 Å². The van der Waals surface area contributed by atoms with Crippen LogP contribution in [0.5, 0.6) is 0 Å². The lowest BCUT2D eigenvalue weighted by Crippen LogP contribution is -2.01. The maximum atomic E-state index is 13.5. The molecule has 94 valence electrons. The number of hydrogen-bond acceptors (Lipinski definition) is 2. The van der Waals surface area contributed by atoms with Crippen molar-refractivity contribution in [2.24, 2.45) is 0 Å². The van der Waals surface area contributed by atoms with Gasteiger partial charge in [-0.15, -0.1) is 0 Å². The number of anilines is 1. The molecular formula is C14H13BrFNO. The van der Waals surface area contributed by atoms with Gasteiger partial charge in [-0.25, -0.2) is 4.39 Å². The second kappa shape index (κ2) is 5.98. The van der Waals surface area contributed by atoms with Gasteiger partial charge in [0, 0.05) is 22.3 Å². The average Bonchev–Trinajstić information content (AvgIpc) is 2.40. The highest BCUT2D eigenvalue weighted by Crippen LogP contribution is 2.17. The van der Waals surface area contributed by atoms with E-state index in [1.165, 1.54) is 6.07 Å². The first kappa shape index (κ1) is 13.1. The average molecular weight is 310 g/mol. The molecule has 0 aliphatic heterocycles.